The first-order valence-corrected chi connectivity index (χ1v) is 6.36. The predicted molar refractivity (Wildman–Crippen MR) is 72.8 cm³/mol. The molecule has 1 aliphatic rings. The van der Waals surface area contributed by atoms with Crippen molar-refractivity contribution < 1.29 is 4.74 Å². The molecule has 1 aromatic heterocycles. The van der Waals surface area contributed by atoms with Gasteiger partial charge >= 0.3 is 0 Å². The van der Waals surface area contributed by atoms with Gasteiger partial charge in [-0.15, -0.1) is 6.42 Å². The molecular weight excluding hydrogens is 240 g/mol. The zero-order valence-electron chi connectivity index (χ0n) is 10.5. The van der Waals surface area contributed by atoms with Crippen LogP contribution in [0.4, 0.5) is 0 Å². The number of ether oxygens (including phenoxy) is 1. The van der Waals surface area contributed by atoms with Crippen molar-refractivity contribution in [3.8, 4) is 12.3 Å². The molecule has 1 fully saturated rings. The fourth-order valence-electron chi connectivity index (χ4n) is 2.46. The predicted octanol–water partition coefficient (Wildman–Crippen LogP) is 1.88. The van der Waals surface area contributed by atoms with Gasteiger partial charge in [-0.2, -0.15) is 0 Å². The average Bonchev–Trinajstić information content (AvgIpc) is 2.95. The second-order valence-electron chi connectivity index (χ2n) is 4.58. The SMILES string of the molecule is C#CCn1c(=O)c(C2CCCO2)nc2ccccc21. The van der Waals surface area contributed by atoms with Crippen molar-refractivity contribution in [2.24, 2.45) is 0 Å². The van der Waals surface area contributed by atoms with E-state index < -0.39 is 0 Å². The number of hydrogen-bond acceptors (Lipinski definition) is 3. The smallest absolute Gasteiger partial charge is 0.276 e. The lowest BCUT2D eigenvalue weighted by molar-refractivity contribution is 0.107. The molecule has 2 heterocycles. The highest BCUT2D eigenvalue weighted by molar-refractivity contribution is 5.74. The first-order valence-electron chi connectivity index (χ1n) is 6.36. The van der Waals surface area contributed by atoms with Gasteiger partial charge in [-0.3, -0.25) is 9.36 Å². The molecule has 96 valence electrons. The van der Waals surface area contributed by atoms with Crippen LogP contribution in [0.1, 0.15) is 24.6 Å². The molecule has 0 aliphatic carbocycles. The Morgan fingerprint density at radius 3 is 3.05 bits per heavy atom. The highest BCUT2D eigenvalue weighted by Gasteiger charge is 2.24. The Morgan fingerprint density at radius 1 is 1.47 bits per heavy atom. The number of rotatable bonds is 2. The molecule has 0 saturated carbocycles. The molecule has 0 bridgehead atoms. The van der Waals surface area contributed by atoms with Crippen LogP contribution in [0.5, 0.6) is 0 Å². The summed E-state index contributed by atoms with van der Waals surface area (Å²) in [7, 11) is 0. The summed E-state index contributed by atoms with van der Waals surface area (Å²) < 4.78 is 7.17. The van der Waals surface area contributed by atoms with E-state index in [4.69, 9.17) is 11.2 Å². The summed E-state index contributed by atoms with van der Waals surface area (Å²) in [6.45, 7) is 0.940. The Morgan fingerprint density at radius 2 is 2.32 bits per heavy atom. The fourth-order valence-corrected chi connectivity index (χ4v) is 2.46. The third-order valence-electron chi connectivity index (χ3n) is 3.36. The standard InChI is InChI=1S/C15H14N2O2/c1-2-9-17-12-7-4-3-6-11(12)16-14(15(17)18)13-8-5-10-19-13/h1,3-4,6-7,13H,5,8-10H2. The van der Waals surface area contributed by atoms with Crippen LogP contribution in [0.15, 0.2) is 29.1 Å². The van der Waals surface area contributed by atoms with Gasteiger partial charge in [0.2, 0.25) is 0 Å². The average molecular weight is 254 g/mol. The van der Waals surface area contributed by atoms with Gasteiger partial charge in [0.1, 0.15) is 11.8 Å². The normalized spacial score (nSPS) is 18.6. The molecule has 1 unspecified atom stereocenters. The van der Waals surface area contributed by atoms with Crippen LogP contribution in [0.3, 0.4) is 0 Å². The summed E-state index contributed by atoms with van der Waals surface area (Å²) in [6, 6.07) is 7.53. The van der Waals surface area contributed by atoms with Gasteiger partial charge in [0.25, 0.3) is 5.56 Å². The summed E-state index contributed by atoms with van der Waals surface area (Å²) in [6.07, 6.45) is 6.98. The van der Waals surface area contributed by atoms with Gasteiger partial charge in [0.05, 0.1) is 17.6 Å². The third-order valence-corrected chi connectivity index (χ3v) is 3.36. The van der Waals surface area contributed by atoms with E-state index in [0.717, 1.165) is 23.9 Å². The summed E-state index contributed by atoms with van der Waals surface area (Å²) in [5.74, 6) is 2.53. The Bertz CT molecular complexity index is 706. The number of nitrogens with zero attached hydrogens (tertiary/aromatic N) is 2. The van der Waals surface area contributed by atoms with Gasteiger partial charge < -0.3 is 4.74 Å². The van der Waals surface area contributed by atoms with E-state index in [-0.39, 0.29) is 18.2 Å². The first kappa shape index (κ1) is 11.9. The Hall–Kier alpha value is -2.12. The first-order chi connectivity index (χ1) is 9.31. The van der Waals surface area contributed by atoms with Crippen molar-refractivity contribution in [1.29, 1.82) is 0 Å². The summed E-state index contributed by atoms with van der Waals surface area (Å²) in [4.78, 5) is 17.0. The molecule has 19 heavy (non-hydrogen) atoms. The Balaban J connectivity index is 2.26. The van der Waals surface area contributed by atoms with Crippen LogP contribution in [0.25, 0.3) is 11.0 Å². The number of hydrogen-bond donors (Lipinski definition) is 0. The highest BCUT2D eigenvalue weighted by atomic mass is 16.5. The van der Waals surface area contributed by atoms with Crippen molar-refractivity contribution in [2.75, 3.05) is 6.61 Å². The van der Waals surface area contributed by atoms with Gasteiger partial charge in [-0.1, -0.05) is 18.1 Å². The number of benzene rings is 1. The second-order valence-corrected chi connectivity index (χ2v) is 4.58. The van der Waals surface area contributed by atoms with Crippen molar-refractivity contribution in [2.45, 2.75) is 25.5 Å². The maximum atomic E-state index is 12.5. The third kappa shape index (κ3) is 2.02. The molecule has 3 rings (SSSR count). The minimum Gasteiger partial charge on any atom is -0.372 e. The van der Waals surface area contributed by atoms with Gasteiger partial charge in [-0.25, -0.2) is 4.98 Å². The van der Waals surface area contributed by atoms with Crippen LogP contribution in [-0.2, 0) is 11.3 Å². The van der Waals surface area contributed by atoms with Crippen LogP contribution in [0.2, 0.25) is 0 Å². The van der Waals surface area contributed by atoms with E-state index in [1.165, 1.54) is 0 Å². The Labute approximate surface area is 111 Å². The number of terminal acetylenes is 1. The molecule has 4 nitrogen and oxygen atoms in total. The van der Waals surface area contributed by atoms with E-state index in [9.17, 15) is 4.79 Å². The van der Waals surface area contributed by atoms with Gasteiger partial charge in [-0.05, 0) is 25.0 Å². The van der Waals surface area contributed by atoms with E-state index in [1.54, 1.807) is 4.57 Å². The molecule has 0 N–H and O–H groups in total. The minimum absolute atomic E-state index is 0.136. The van der Waals surface area contributed by atoms with Gasteiger partial charge in [0, 0.05) is 6.61 Å². The Kier molecular flexibility index (Phi) is 3.06. The lowest BCUT2D eigenvalue weighted by Crippen LogP contribution is -2.27. The molecular formula is C15H14N2O2. The van der Waals surface area contributed by atoms with E-state index in [1.807, 2.05) is 24.3 Å². The van der Waals surface area contributed by atoms with Crippen molar-refractivity contribution in [1.82, 2.24) is 9.55 Å². The minimum atomic E-state index is -0.193. The van der Waals surface area contributed by atoms with E-state index in [2.05, 4.69) is 10.9 Å². The maximum Gasteiger partial charge on any atom is 0.276 e. The zero-order valence-corrected chi connectivity index (χ0v) is 10.5. The zero-order chi connectivity index (χ0) is 13.2. The number of aromatic nitrogens is 2. The van der Waals surface area contributed by atoms with Gasteiger partial charge in [0.15, 0.2) is 0 Å². The molecule has 1 aromatic carbocycles. The van der Waals surface area contributed by atoms with Crippen LogP contribution in [0, 0.1) is 12.3 Å². The lowest BCUT2D eigenvalue weighted by atomic mass is 10.1. The molecule has 1 atom stereocenters. The van der Waals surface area contributed by atoms with Crippen molar-refractivity contribution in [3.05, 3.63) is 40.3 Å². The van der Waals surface area contributed by atoms with Crippen LogP contribution < -0.4 is 5.56 Å². The molecule has 2 aromatic rings. The molecule has 1 saturated heterocycles. The largest absolute Gasteiger partial charge is 0.372 e. The maximum absolute atomic E-state index is 12.5. The fraction of sp³-hybridized carbons (Fsp3) is 0.333. The summed E-state index contributed by atoms with van der Waals surface area (Å²) in [5, 5.41) is 0. The van der Waals surface area contributed by atoms with E-state index >= 15 is 0 Å². The van der Waals surface area contributed by atoms with Crippen molar-refractivity contribution in [3.63, 3.8) is 0 Å². The molecule has 0 spiro atoms. The lowest BCUT2D eigenvalue weighted by Gasteiger charge is -2.13. The number of para-hydroxylation sites is 2. The second kappa shape index (κ2) is 4.87. The molecule has 0 amide bonds. The topological polar surface area (TPSA) is 44.1 Å². The van der Waals surface area contributed by atoms with E-state index in [0.29, 0.717) is 12.3 Å². The monoisotopic (exact) mass is 254 g/mol. The quantitative estimate of drug-likeness (QED) is 0.769. The molecule has 1 aliphatic heterocycles. The number of fused-ring (bicyclic) bond motifs is 1. The van der Waals surface area contributed by atoms with Crippen LogP contribution in [-0.4, -0.2) is 16.2 Å². The summed E-state index contributed by atoms with van der Waals surface area (Å²) >= 11 is 0. The molecule has 0 radical (unpaired) electrons. The highest BCUT2D eigenvalue weighted by Crippen LogP contribution is 2.26. The molecule has 4 heteroatoms. The van der Waals surface area contributed by atoms with Crippen LogP contribution >= 0.6 is 0 Å². The summed E-state index contributed by atoms with van der Waals surface area (Å²) in [5.41, 5.74) is 1.89. The van der Waals surface area contributed by atoms with Crippen molar-refractivity contribution >= 4 is 11.0 Å².